The average molecular weight is 468 g/mol. The second-order valence-corrected chi connectivity index (χ2v) is 8.58. The van der Waals surface area contributed by atoms with Crippen LogP contribution in [0.2, 0.25) is 0 Å². The number of carboxylic acid groups (broad SMARTS) is 1. The molecular weight excluding hydrogens is 442 g/mol. The summed E-state index contributed by atoms with van der Waals surface area (Å²) < 4.78 is 7.33. The summed E-state index contributed by atoms with van der Waals surface area (Å²) in [6.45, 7) is 0.707. The summed E-state index contributed by atoms with van der Waals surface area (Å²) in [5.41, 5.74) is 6.20. The molecule has 1 aliphatic rings. The van der Waals surface area contributed by atoms with E-state index >= 15 is 0 Å². The average Bonchev–Trinajstić information content (AvgIpc) is 3.45. The highest BCUT2D eigenvalue weighted by atomic mass is 16.5. The first-order valence-corrected chi connectivity index (χ1v) is 11.5. The summed E-state index contributed by atoms with van der Waals surface area (Å²) in [5, 5.41) is 16.5. The number of carboxylic acids is 1. The van der Waals surface area contributed by atoms with Gasteiger partial charge in [0.2, 0.25) is 0 Å². The van der Waals surface area contributed by atoms with Gasteiger partial charge in [-0.15, -0.1) is 0 Å². The molecule has 2 N–H and O–H groups in total. The Bertz CT molecular complexity index is 1300. The van der Waals surface area contributed by atoms with Crippen molar-refractivity contribution in [2.24, 2.45) is 0 Å². The molecule has 1 unspecified atom stereocenters. The van der Waals surface area contributed by atoms with Gasteiger partial charge in [-0.25, -0.2) is 4.79 Å². The van der Waals surface area contributed by atoms with Crippen LogP contribution in [0.3, 0.4) is 0 Å². The van der Waals surface area contributed by atoms with Crippen LogP contribution in [0.25, 0.3) is 11.1 Å². The third kappa shape index (κ3) is 4.94. The van der Waals surface area contributed by atoms with Crippen LogP contribution in [0, 0.1) is 0 Å². The minimum Gasteiger partial charge on any atom is -0.481 e. The lowest BCUT2D eigenvalue weighted by atomic mass is 9.98. The van der Waals surface area contributed by atoms with E-state index in [-0.39, 0.29) is 18.9 Å². The SMILES string of the molecule is O=C(O)CC(NC(=O)OCC1c2ccccc2-c2ccccc21)c1cnn(Cc2ccccc2)c1. The van der Waals surface area contributed by atoms with Gasteiger partial charge in [0.25, 0.3) is 0 Å². The zero-order valence-corrected chi connectivity index (χ0v) is 19.0. The molecule has 0 saturated carbocycles. The van der Waals surface area contributed by atoms with Crippen LogP contribution in [-0.4, -0.2) is 33.6 Å². The number of carbonyl (C=O) groups is 2. The van der Waals surface area contributed by atoms with Gasteiger partial charge in [0.15, 0.2) is 0 Å². The van der Waals surface area contributed by atoms with Gasteiger partial charge >= 0.3 is 12.1 Å². The van der Waals surface area contributed by atoms with Gasteiger partial charge in [-0.3, -0.25) is 9.48 Å². The van der Waals surface area contributed by atoms with Crippen molar-refractivity contribution in [1.29, 1.82) is 0 Å². The number of nitrogens with zero attached hydrogens (tertiary/aromatic N) is 2. The Morgan fingerprint density at radius 2 is 1.57 bits per heavy atom. The van der Waals surface area contributed by atoms with Crippen molar-refractivity contribution < 1.29 is 19.4 Å². The highest BCUT2D eigenvalue weighted by Crippen LogP contribution is 2.44. The molecule has 0 saturated heterocycles. The lowest BCUT2D eigenvalue weighted by Crippen LogP contribution is -2.31. The molecular formula is C28H25N3O4. The van der Waals surface area contributed by atoms with Gasteiger partial charge in [-0.1, -0.05) is 78.9 Å². The predicted molar refractivity (Wildman–Crippen MR) is 131 cm³/mol. The Hall–Kier alpha value is -4.39. The molecule has 7 heteroatoms. The fourth-order valence-corrected chi connectivity index (χ4v) is 4.63. The number of aromatic nitrogens is 2. The van der Waals surface area contributed by atoms with Crippen molar-refractivity contribution in [3.63, 3.8) is 0 Å². The second kappa shape index (κ2) is 9.85. The molecule has 0 radical (unpaired) electrons. The molecule has 0 spiro atoms. The first kappa shape index (κ1) is 22.4. The van der Waals surface area contributed by atoms with Crippen LogP contribution in [0.1, 0.15) is 40.6 Å². The summed E-state index contributed by atoms with van der Waals surface area (Å²) in [5.74, 6) is -1.09. The zero-order chi connectivity index (χ0) is 24.2. The normalized spacial score (nSPS) is 13.0. The molecule has 7 nitrogen and oxygen atoms in total. The number of alkyl carbamates (subject to hydrolysis) is 1. The minimum atomic E-state index is -1.02. The van der Waals surface area contributed by atoms with E-state index in [2.05, 4.69) is 34.7 Å². The summed E-state index contributed by atoms with van der Waals surface area (Å²) in [6, 6.07) is 25.3. The Labute approximate surface area is 203 Å². The molecule has 5 rings (SSSR count). The maximum atomic E-state index is 12.7. The van der Waals surface area contributed by atoms with Crippen molar-refractivity contribution in [3.8, 4) is 11.1 Å². The quantitative estimate of drug-likeness (QED) is 0.381. The molecule has 1 heterocycles. The van der Waals surface area contributed by atoms with Crippen LogP contribution >= 0.6 is 0 Å². The van der Waals surface area contributed by atoms with E-state index in [1.54, 1.807) is 17.1 Å². The largest absolute Gasteiger partial charge is 0.481 e. The number of rotatable bonds is 8. The van der Waals surface area contributed by atoms with Gasteiger partial charge in [0.1, 0.15) is 6.61 Å². The molecule has 1 aliphatic carbocycles. The zero-order valence-electron chi connectivity index (χ0n) is 19.0. The van der Waals surface area contributed by atoms with E-state index in [9.17, 15) is 14.7 Å². The van der Waals surface area contributed by atoms with E-state index in [4.69, 9.17) is 4.74 Å². The van der Waals surface area contributed by atoms with E-state index in [1.807, 2.05) is 54.6 Å². The number of hydrogen-bond acceptors (Lipinski definition) is 4. The number of fused-ring (bicyclic) bond motifs is 3. The van der Waals surface area contributed by atoms with Gasteiger partial charge in [0, 0.05) is 17.7 Å². The van der Waals surface area contributed by atoms with Crippen molar-refractivity contribution >= 4 is 12.1 Å². The molecule has 4 aromatic rings. The molecule has 1 atom stereocenters. The fraction of sp³-hybridized carbons (Fsp3) is 0.179. The lowest BCUT2D eigenvalue weighted by Gasteiger charge is -2.18. The Morgan fingerprint density at radius 3 is 2.23 bits per heavy atom. The molecule has 35 heavy (non-hydrogen) atoms. The van der Waals surface area contributed by atoms with E-state index in [1.165, 1.54) is 0 Å². The van der Waals surface area contributed by atoms with E-state index < -0.39 is 18.1 Å². The number of amides is 1. The van der Waals surface area contributed by atoms with Crippen LogP contribution in [0.15, 0.2) is 91.3 Å². The molecule has 0 aliphatic heterocycles. The number of carbonyl (C=O) groups excluding carboxylic acids is 1. The Morgan fingerprint density at radius 1 is 0.943 bits per heavy atom. The maximum Gasteiger partial charge on any atom is 0.407 e. The van der Waals surface area contributed by atoms with Crippen LogP contribution in [0.5, 0.6) is 0 Å². The van der Waals surface area contributed by atoms with Gasteiger partial charge in [-0.2, -0.15) is 5.10 Å². The van der Waals surface area contributed by atoms with Crippen molar-refractivity contribution in [2.75, 3.05) is 6.61 Å². The number of aliphatic carboxylic acids is 1. The predicted octanol–water partition coefficient (Wildman–Crippen LogP) is 4.99. The first-order chi connectivity index (χ1) is 17.1. The first-order valence-electron chi connectivity index (χ1n) is 11.5. The molecule has 1 aromatic heterocycles. The number of ether oxygens (including phenoxy) is 1. The summed E-state index contributed by atoms with van der Waals surface area (Å²) in [4.78, 5) is 24.2. The third-order valence-corrected chi connectivity index (χ3v) is 6.26. The third-order valence-electron chi connectivity index (χ3n) is 6.26. The van der Waals surface area contributed by atoms with Crippen molar-refractivity contribution in [3.05, 3.63) is 114 Å². The molecule has 3 aromatic carbocycles. The standard InChI is InChI=1S/C28H25N3O4/c32-27(33)14-26(20-15-29-31(17-20)16-19-8-2-1-3-9-19)30-28(34)35-18-25-23-12-6-4-10-21(23)22-11-5-7-13-24(22)25/h1-13,15,17,25-26H,14,16,18H2,(H,30,34)(H,32,33). The summed E-state index contributed by atoms with van der Waals surface area (Å²) in [6.07, 6.45) is 2.40. The molecule has 176 valence electrons. The second-order valence-electron chi connectivity index (χ2n) is 8.58. The van der Waals surface area contributed by atoms with Crippen molar-refractivity contribution in [1.82, 2.24) is 15.1 Å². The summed E-state index contributed by atoms with van der Waals surface area (Å²) in [7, 11) is 0. The van der Waals surface area contributed by atoms with Gasteiger partial charge < -0.3 is 15.2 Å². The van der Waals surface area contributed by atoms with Crippen LogP contribution in [-0.2, 0) is 16.1 Å². The number of nitrogens with one attached hydrogen (secondary N) is 1. The smallest absolute Gasteiger partial charge is 0.407 e. The molecule has 1 amide bonds. The number of benzene rings is 3. The lowest BCUT2D eigenvalue weighted by molar-refractivity contribution is -0.137. The van der Waals surface area contributed by atoms with E-state index in [0.29, 0.717) is 12.1 Å². The minimum absolute atomic E-state index is 0.0697. The number of hydrogen-bond donors (Lipinski definition) is 2. The maximum absolute atomic E-state index is 12.7. The van der Waals surface area contributed by atoms with Crippen LogP contribution < -0.4 is 5.32 Å². The fourth-order valence-electron chi connectivity index (χ4n) is 4.63. The van der Waals surface area contributed by atoms with Crippen LogP contribution in [0.4, 0.5) is 4.79 Å². The molecule has 0 fully saturated rings. The van der Waals surface area contributed by atoms with Crippen molar-refractivity contribution in [2.45, 2.75) is 24.9 Å². The summed E-state index contributed by atoms with van der Waals surface area (Å²) >= 11 is 0. The molecule has 0 bridgehead atoms. The Balaban J connectivity index is 1.27. The highest BCUT2D eigenvalue weighted by molar-refractivity contribution is 5.79. The Kier molecular flexibility index (Phi) is 6.30. The monoisotopic (exact) mass is 467 g/mol. The van der Waals surface area contributed by atoms with Gasteiger partial charge in [-0.05, 0) is 27.8 Å². The highest BCUT2D eigenvalue weighted by Gasteiger charge is 2.29. The van der Waals surface area contributed by atoms with Gasteiger partial charge in [0.05, 0.1) is 25.2 Å². The van der Waals surface area contributed by atoms with E-state index in [0.717, 1.165) is 27.8 Å². The topological polar surface area (TPSA) is 93.5 Å².